The summed E-state index contributed by atoms with van der Waals surface area (Å²) in [5.74, 6) is -3.04. The molecule has 1 saturated carbocycles. The molecular formula is C25H27F6N7O4. The lowest BCUT2D eigenvalue weighted by molar-refractivity contribution is -0.214. The summed E-state index contributed by atoms with van der Waals surface area (Å²) in [7, 11) is 0. The molecule has 1 saturated heterocycles. The molecule has 0 radical (unpaired) electrons. The Hall–Kier alpha value is -3.76. The number of halogens is 6. The Bertz CT molecular complexity index is 1480. The summed E-state index contributed by atoms with van der Waals surface area (Å²) in [6.45, 7) is 2.08. The smallest absolute Gasteiger partial charge is 0.388 e. The van der Waals surface area contributed by atoms with Gasteiger partial charge in [-0.15, -0.1) is 0 Å². The number of nitrogens with one attached hydrogen (secondary N) is 2. The van der Waals surface area contributed by atoms with E-state index < -0.39 is 60.1 Å². The summed E-state index contributed by atoms with van der Waals surface area (Å²) in [4.78, 5) is 29.6. The van der Waals surface area contributed by atoms with Gasteiger partial charge < -0.3 is 15.7 Å². The molecular weight excluding hydrogens is 576 g/mol. The van der Waals surface area contributed by atoms with Gasteiger partial charge in [-0.25, -0.2) is 14.1 Å². The lowest BCUT2D eigenvalue weighted by Gasteiger charge is -2.29. The average molecular weight is 604 g/mol. The summed E-state index contributed by atoms with van der Waals surface area (Å²) in [6, 6.07) is -1.82. The first-order chi connectivity index (χ1) is 19.5. The molecule has 0 unspecified atom stereocenters. The number of rotatable bonds is 9. The molecule has 2 aliphatic rings. The highest BCUT2D eigenvalue weighted by Gasteiger charge is 2.50. The maximum atomic E-state index is 13.6. The predicted molar refractivity (Wildman–Crippen MR) is 130 cm³/mol. The normalized spacial score (nSPS) is 21.4. The number of hydrogen-bond acceptors (Lipinski definition) is 8. The van der Waals surface area contributed by atoms with Crippen molar-refractivity contribution < 1.29 is 45.7 Å². The van der Waals surface area contributed by atoms with Crippen LogP contribution in [0.1, 0.15) is 91.5 Å². The van der Waals surface area contributed by atoms with E-state index in [9.17, 15) is 41.0 Å². The second-order valence-electron chi connectivity index (χ2n) is 11.4. The van der Waals surface area contributed by atoms with E-state index in [1.54, 1.807) is 0 Å². The van der Waals surface area contributed by atoms with Crippen molar-refractivity contribution in [2.75, 3.05) is 0 Å². The van der Waals surface area contributed by atoms with Gasteiger partial charge in [0.2, 0.25) is 5.91 Å². The molecule has 4 heterocycles. The van der Waals surface area contributed by atoms with Gasteiger partial charge in [-0.2, -0.15) is 31.4 Å². The second kappa shape index (κ2) is 10.5. The van der Waals surface area contributed by atoms with Crippen LogP contribution >= 0.6 is 0 Å². The van der Waals surface area contributed by atoms with Crippen LogP contribution < -0.4 is 10.6 Å². The zero-order valence-corrected chi connectivity index (χ0v) is 22.3. The van der Waals surface area contributed by atoms with Gasteiger partial charge in [0.1, 0.15) is 11.7 Å². The maximum absolute atomic E-state index is 13.6. The monoisotopic (exact) mass is 603 g/mol. The van der Waals surface area contributed by atoms with E-state index in [0.717, 1.165) is 32.9 Å². The van der Waals surface area contributed by atoms with Crippen molar-refractivity contribution in [2.24, 2.45) is 11.3 Å². The molecule has 0 aromatic carbocycles. The maximum Gasteiger partial charge on any atom is 0.408 e. The Kier molecular flexibility index (Phi) is 7.43. The van der Waals surface area contributed by atoms with Gasteiger partial charge in [-0.3, -0.25) is 9.59 Å². The molecule has 4 atom stereocenters. The average Bonchev–Trinajstić information content (AvgIpc) is 3.29. The quantitative estimate of drug-likeness (QED) is 0.312. The van der Waals surface area contributed by atoms with Crippen molar-refractivity contribution in [1.82, 2.24) is 35.5 Å². The molecule has 2 amide bonds. The molecule has 5 rings (SSSR count). The van der Waals surface area contributed by atoms with Gasteiger partial charge in [-0.05, 0) is 43.3 Å². The molecule has 3 N–H and O–H groups in total. The molecule has 0 bridgehead atoms. The third kappa shape index (κ3) is 5.91. The van der Waals surface area contributed by atoms with Gasteiger partial charge in [0.05, 0.1) is 41.6 Å². The number of carbonyl (C=O) groups is 2. The van der Waals surface area contributed by atoms with E-state index in [0.29, 0.717) is 5.69 Å². The number of imidazole rings is 1. The Morgan fingerprint density at radius 3 is 2.55 bits per heavy atom. The van der Waals surface area contributed by atoms with Crippen LogP contribution in [0.4, 0.5) is 26.3 Å². The zero-order valence-electron chi connectivity index (χ0n) is 22.3. The summed E-state index contributed by atoms with van der Waals surface area (Å²) in [6.07, 6.45) is -7.92. The van der Waals surface area contributed by atoms with Crippen LogP contribution in [0.3, 0.4) is 0 Å². The van der Waals surface area contributed by atoms with Gasteiger partial charge in [-0.1, -0.05) is 19.0 Å². The van der Waals surface area contributed by atoms with Crippen molar-refractivity contribution >= 4 is 17.5 Å². The van der Waals surface area contributed by atoms with Crippen LogP contribution in [-0.2, 0) is 4.79 Å². The van der Waals surface area contributed by atoms with Crippen molar-refractivity contribution in [2.45, 2.75) is 82.4 Å². The van der Waals surface area contributed by atoms with Crippen LogP contribution in [0.2, 0.25) is 0 Å². The number of aliphatic hydroxyl groups is 1. The Morgan fingerprint density at radius 2 is 1.93 bits per heavy atom. The first-order valence-electron chi connectivity index (χ1n) is 13.2. The number of amides is 2. The topological polar surface area (TPSA) is 148 Å². The van der Waals surface area contributed by atoms with Crippen molar-refractivity contribution in [1.29, 1.82) is 0 Å². The van der Waals surface area contributed by atoms with Crippen molar-refractivity contribution in [3.8, 4) is 0 Å². The lowest BCUT2D eigenvalue weighted by atomic mass is 9.85. The lowest BCUT2D eigenvalue weighted by Crippen LogP contribution is -2.38. The first-order valence-corrected chi connectivity index (χ1v) is 13.2. The molecule has 228 valence electrons. The molecule has 17 heteroatoms. The van der Waals surface area contributed by atoms with Crippen LogP contribution in [-0.4, -0.2) is 60.2 Å². The van der Waals surface area contributed by atoms with Gasteiger partial charge in [0.25, 0.3) is 5.91 Å². The van der Waals surface area contributed by atoms with E-state index >= 15 is 0 Å². The van der Waals surface area contributed by atoms with E-state index in [-0.39, 0.29) is 41.4 Å². The Morgan fingerprint density at radius 1 is 1.21 bits per heavy atom. The first kappa shape index (κ1) is 29.7. The number of hydrogen-bond donors (Lipinski definition) is 3. The number of alkyl halides is 6. The molecule has 3 aromatic rings. The highest BCUT2D eigenvalue weighted by Crippen LogP contribution is 2.43. The molecule has 1 aliphatic carbocycles. The molecule has 3 aromatic heterocycles. The minimum Gasteiger partial charge on any atom is -0.388 e. The molecule has 0 spiro atoms. The van der Waals surface area contributed by atoms with Gasteiger partial charge >= 0.3 is 12.4 Å². The minimum atomic E-state index is -4.67. The molecule has 42 heavy (non-hydrogen) atoms. The zero-order chi connectivity index (χ0) is 30.6. The van der Waals surface area contributed by atoms with Crippen LogP contribution in [0.5, 0.6) is 0 Å². The predicted octanol–water partition coefficient (Wildman–Crippen LogP) is 3.93. The number of aliphatic hydroxyl groups excluding tert-OH is 1. The fourth-order valence-corrected chi connectivity index (χ4v) is 4.80. The number of aromatic nitrogens is 5. The number of carbonyl (C=O) groups excluding carboxylic acids is 2. The van der Waals surface area contributed by atoms with E-state index in [1.807, 2.05) is 5.32 Å². The molecule has 11 nitrogen and oxygen atoms in total. The largest absolute Gasteiger partial charge is 0.408 e. The highest BCUT2D eigenvalue weighted by atomic mass is 19.4. The summed E-state index contributed by atoms with van der Waals surface area (Å²) >= 11 is 0. The summed E-state index contributed by atoms with van der Waals surface area (Å²) < 4.78 is 86.0. The third-order valence-corrected chi connectivity index (χ3v) is 7.80. The van der Waals surface area contributed by atoms with Crippen LogP contribution in [0, 0.1) is 11.3 Å². The minimum absolute atomic E-state index is 0.0113. The number of nitrogens with zero attached hydrogens (tertiary/aromatic N) is 5. The SMILES string of the molecule is CC(C)(CC[C@H](NC(=O)c1nonc1C1CC1)c1cn2ncc([C@@H](O)[C@H]3C[C@@H](C(F)(F)F)NC3=O)cc2n1)C(F)(F)F. The van der Waals surface area contributed by atoms with Gasteiger partial charge in [0, 0.05) is 11.5 Å². The van der Waals surface area contributed by atoms with E-state index in [4.69, 9.17) is 4.63 Å². The van der Waals surface area contributed by atoms with E-state index in [1.165, 1.54) is 16.8 Å². The number of fused-ring (bicyclic) bond motifs is 1. The standard InChI is InChI=1S/C25H27F6N7O4/c1-23(2,25(29,30)31)6-5-14(34-22(41)19-18(11-3-4-11)36-42-37-19)15-10-38-17(33-15)7-12(9-32-38)20(39)13-8-16(24(26,27)28)35-21(13)40/h7,9-11,13-14,16,20,39H,3-6,8H2,1-2H3,(H,34,41)(H,35,40)/t13-,14+,16+,20-/m1/s1. The second-order valence-corrected chi connectivity index (χ2v) is 11.4. The van der Waals surface area contributed by atoms with E-state index in [2.05, 4.69) is 25.7 Å². The molecule has 2 fully saturated rings. The Labute approximate surface area is 234 Å². The van der Waals surface area contributed by atoms with Crippen LogP contribution in [0.25, 0.3) is 5.65 Å². The molecule has 1 aliphatic heterocycles. The third-order valence-electron chi connectivity index (χ3n) is 7.80. The fraction of sp³-hybridized carbons (Fsp3) is 0.600. The summed E-state index contributed by atoms with van der Waals surface area (Å²) in [5.41, 5.74) is -1.55. The highest BCUT2D eigenvalue weighted by molar-refractivity contribution is 5.93. The fourth-order valence-electron chi connectivity index (χ4n) is 4.80. The van der Waals surface area contributed by atoms with Crippen LogP contribution in [0.15, 0.2) is 23.1 Å². The summed E-state index contributed by atoms with van der Waals surface area (Å²) in [5, 5.41) is 26.7. The van der Waals surface area contributed by atoms with Gasteiger partial charge in [0.15, 0.2) is 11.3 Å². The van der Waals surface area contributed by atoms with Crippen molar-refractivity contribution in [3.05, 3.63) is 41.1 Å². The Balaban J connectivity index is 1.40. The van der Waals surface area contributed by atoms with Crippen molar-refractivity contribution in [3.63, 3.8) is 0 Å².